The van der Waals surface area contributed by atoms with Crippen LogP contribution in [0.3, 0.4) is 0 Å². The molecule has 5 rings (SSSR count). The van der Waals surface area contributed by atoms with Gasteiger partial charge in [0.2, 0.25) is 11.8 Å². The van der Waals surface area contributed by atoms with Gasteiger partial charge in [-0.25, -0.2) is 0 Å². The lowest BCUT2D eigenvalue weighted by molar-refractivity contribution is -0.138. The number of hydrogen-bond acceptors (Lipinski definition) is 3. The predicted octanol–water partition coefficient (Wildman–Crippen LogP) is 3.75. The fraction of sp³-hybridized carbons (Fsp3) is 0.357. The predicted molar refractivity (Wildman–Crippen MR) is 139 cm³/mol. The summed E-state index contributed by atoms with van der Waals surface area (Å²) in [6.45, 7) is 4.62. The number of carbonyl (C=O) groups is 2. The van der Waals surface area contributed by atoms with E-state index in [0.29, 0.717) is 25.6 Å². The zero-order chi connectivity index (χ0) is 24.6. The fourth-order valence-electron chi connectivity index (χ4n) is 5.07. The van der Waals surface area contributed by atoms with Gasteiger partial charge in [0.15, 0.2) is 0 Å². The summed E-state index contributed by atoms with van der Waals surface area (Å²) in [6, 6.07) is 18.2. The molecule has 0 bridgehead atoms. The molecule has 0 radical (unpaired) electrons. The summed E-state index contributed by atoms with van der Waals surface area (Å²) in [4.78, 5) is 31.6. The lowest BCUT2D eigenvalue weighted by Crippen LogP contribution is -2.57. The molecule has 1 atom stereocenters. The number of likely N-dealkylation sites (tertiary alicyclic amines) is 1. The van der Waals surface area contributed by atoms with Gasteiger partial charge < -0.3 is 25.5 Å². The van der Waals surface area contributed by atoms with E-state index in [-0.39, 0.29) is 11.8 Å². The van der Waals surface area contributed by atoms with Crippen LogP contribution in [-0.4, -0.2) is 50.9 Å². The second kappa shape index (κ2) is 9.23. The van der Waals surface area contributed by atoms with E-state index in [4.69, 9.17) is 5.73 Å². The molecule has 2 aromatic carbocycles. The van der Waals surface area contributed by atoms with Crippen LogP contribution in [0, 0.1) is 0 Å². The second-order valence-electron chi connectivity index (χ2n) is 10.1. The molecule has 1 aliphatic heterocycles. The Hall–Kier alpha value is -3.58. The largest absolute Gasteiger partial charge is 0.361 e. The number of rotatable bonds is 6. The van der Waals surface area contributed by atoms with E-state index >= 15 is 0 Å². The first kappa shape index (κ1) is 23.2. The summed E-state index contributed by atoms with van der Waals surface area (Å²) >= 11 is 0. The second-order valence-corrected chi connectivity index (χ2v) is 10.1. The number of nitrogens with one attached hydrogen (secondary N) is 2. The van der Waals surface area contributed by atoms with Crippen molar-refractivity contribution in [3.8, 4) is 0 Å². The Bertz CT molecular complexity index is 1350. The number of amides is 2. The van der Waals surface area contributed by atoms with Gasteiger partial charge in [0.25, 0.3) is 0 Å². The van der Waals surface area contributed by atoms with Crippen LogP contribution in [0.5, 0.6) is 0 Å². The van der Waals surface area contributed by atoms with Crippen LogP contribution in [0.25, 0.3) is 21.8 Å². The van der Waals surface area contributed by atoms with E-state index in [1.807, 2.05) is 35.4 Å². The number of carbonyl (C=O) groups excluding carboxylic acids is 2. The molecule has 7 nitrogen and oxygen atoms in total. The molecule has 2 aromatic heterocycles. The number of aromatic amines is 1. The SMILES string of the molecule is CC(C)(N)C(=O)NC(Cc1c[nH]c2ccccc12)C(=O)N1CCC(n2ccc3ccccc32)CC1. The molecule has 0 aliphatic carbocycles. The first-order chi connectivity index (χ1) is 16.8. The van der Waals surface area contributed by atoms with E-state index < -0.39 is 11.6 Å². The van der Waals surface area contributed by atoms with Gasteiger partial charge in [-0.1, -0.05) is 36.4 Å². The summed E-state index contributed by atoms with van der Waals surface area (Å²) in [7, 11) is 0. The molecule has 2 amide bonds. The maximum absolute atomic E-state index is 13.7. The summed E-state index contributed by atoms with van der Waals surface area (Å²) in [5.74, 6) is -0.381. The van der Waals surface area contributed by atoms with Crippen molar-refractivity contribution in [2.24, 2.45) is 5.73 Å². The third-order valence-corrected chi connectivity index (χ3v) is 7.09. The Balaban J connectivity index is 1.33. The zero-order valence-corrected chi connectivity index (χ0v) is 20.3. The fourth-order valence-corrected chi connectivity index (χ4v) is 5.07. The van der Waals surface area contributed by atoms with Crippen molar-refractivity contribution in [3.63, 3.8) is 0 Å². The minimum Gasteiger partial charge on any atom is -0.361 e. The average molecular weight is 472 g/mol. The number of nitrogens with zero attached hydrogens (tertiary/aromatic N) is 2. The lowest BCUT2D eigenvalue weighted by Gasteiger charge is -2.36. The molecular formula is C28H33N5O2. The summed E-state index contributed by atoms with van der Waals surface area (Å²) in [5.41, 5.74) is 8.22. The molecule has 1 saturated heterocycles. The Morgan fingerprint density at radius 1 is 1.09 bits per heavy atom. The standard InChI is InChI=1S/C28H33N5O2/c1-28(2,29)27(35)31-24(17-20-18-30-23-9-5-4-8-22(20)23)26(34)32-14-12-21(13-15-32)33-16-11-19-7-3-6-10-25(19)33/h3-11,16,18,21,24,30H,12-15,17,29H2,1-2H3,(H,31,35). The number of fused-ring (bicyclic) bond motifs is 2. The van der Waals surface area contributed by atoms with Crippen molar-refractivity contribution in [1.82, 2.24) is 19.8 Å². The summed E-state index contributed by atoms with van der Waals surface area (Å²) in [6.07, 6.45) is 6.23. The van der Waals surface area contributed by atoms with Crippen molar-refractivity contribution < 1.29 is 9.59 Å². The molecule has 35 heavy (non-hydrogen) atoms. The van der Waals surface area contributed by atoms with E-state index in [9.17, 15) is 9.59 Å². The van der Waals surface area contributed by atoms with Crippen molar-refractivity contribution >= 4 is 33.6 Å². The molecule has 4 aromatic rings. The molecule has 182 valence electrons. The lowest BCUT2D eigenvalue weighted by atomic mass is 9.99. The number of piperidine rings is 1. The van der Waals surface area contributed by atoms with Crippen molar-refractivity contribution in [2.45, 2.75) is 50.7 Å². The third kappa shape index (κ3) is 4.68. The van der Waals surface area contributed by atoms with Crippen LogP contribution in [0.2, 0.25) is 0 Å². The molecule has 1 unspecified atom stereocenters. The third-order valence-electron chi connectivity index (χ3n) is 7.09. The number of aromatic nitrogens is 2. The number of hydrogen-bond donors (Lipinski definition) is 3. The average Bonchev–Trinajstić information content (AvgIpc) is 3.47. The molecular weight excluding hydrogens is 438 g/mol. The normalized spacial score (nSPS) is 16.0. The summed E-state index contributed by atoms with van der Waals surface area (Å²) < 4.78 is 2.33. The Morgan fingerprint density at radius 2 is 1.80 bits per heavy atom. The van der Waals surface area contributed by atoms with Gasteiger partial charge in [-0.15, -0.1) is 0 Å². The molecule has 3 heterocycles. The summed E-state index contributed by atoms with van der Waals surface area (Å²) in [5, 5.41) is 5.24. The molecule has 1 aliphatic rings. The van der Waals surface area contributed by atoms with Crippen LogP contribution >= 0.6 is 0 Å². The highest BCUT2D eigenvalue weighted by Crippen LogP contribution is 2.28. The quantitative estimate of drug-likeness (QED) is 0.400. The van der Waals surface area contributed by atoms with Crippen LogP contribution in [0.4, 0.5) is 0 Å². The highest BCUT2D eigenvalue weighted by atomic mass is 16.2. The smallest absolute Gasteiger partial charge is 0.245 e. The van der Waals surface area contributed by atoms with Crippen LogP contribution in [0.1, 0.15) is 38.3 Å². The van der Waals surface area contributed by atoms with Gasteiger partial charge in [0.05, 0.1) is 5.54 Å². The highest BCUT2D eigenvalue weighted by Gasteiger charge is 2.33. The molecule has 4 N–H and O–H groups in total. The maximum atomic E-state index is 13.7. The van der Waals surface area contributed by atoms with Gasteiger partial charge in [-0.05, 0) is 55.8 Å². The van der Waals surface area contributed by atoms with Gasteiger partial charge in [0, 0.05) is 54.4 Å². The van der Waals surface area contributed by atoms with Gasteiger partial charge in [0.1, 0.15) is 6.04 Å². The van der Waals surface area contributed by atoms with Crippen LogP contribution < -0.4 is 11.1 Å². The number of benzene rings is 2. The van der Waals surface area contributed by atoms with Crippen molar-refractivity contribution in [3.05, 3.63) is 72.6 Å². The molecule has 1 fully saturated rings. The van der Waals surface area contributed by atoms with Crippen LogP contribution in [-0.2, 0) is 16.0 Å². The van der Waals surface area contributed by atoms with E-state index in [0.717, 1.165) is 29.3 Å². The minimum absolute atomic E-state index is 0.0521. The first-order valence-electron chi connectivity index (χ1n) is 12.3. The number of nitrogens with two attached hydrogens (primary N) is 1. The topological polar surface area (TPSA) is 96.1 Å². The van der Waals surface area contributed by atoms with E-state index in [2.05, 4.69) is 51.4 Å². The maximum Gasteiger partial charge on any atom is 0.245 e. The highest BCUT2D eigenvalue weighted by molar-refractivity contribution is 5.92. The van der Waals surface area contributed by atoms with E-state index in [1.54, 1.807) is 13.8 Å². The number of para-hydroxylation sites is 2. The van der Waals surface area contributed by atoms with Crippen molar-refractivity contribution in [1.29, 1.82) is 0 Å². The Labute approximate surface area is 205 Å². The molecule has 0 saturated carbocycles. The Kier molecular flexibility index (Phi) is 6.11. The minimum atomic E-state index is -1.07. The van der Waals surface area contributed by atoms with Gasteiger partial charge in [-0.2, -0.15) is 0 Å². The van der Waals surface area contributed by atoms with Gasteiger partial charge in [-0.3, -0.25) is 9.59 Å². The first-order valence-corrected chi connectivity index (χ1v) is 12.3. The van der Waals surface area contributed by atoms with Crippen molar-refractivity contribution in [2.75, 3.05) is 13.1 Å². The molecule has 7 heteroatoms. The zero-order valence-electron chi connectivity index (χ0n) is 20.3. The number of H-pyrrole nitrogens is 1. The molecule has 0 spiro atoms. The Morgan fingerprint density at radius 3 is 2.57 bits per heavy atom. The monoisotopic (exact) mass is 471 g/mol. The van der Waals surface area contributed by atoms with E-state index in [1.165, 1.54) is 10.9 Å². The van der Waals surface area contributed by atoms with Gasteiger partial charge >= 0.3 is 0 Å². The van der Waals surface area contributed by atoms with Crippen LogP contribution in [0.15, 0.2) is 67.0 Å².